The van der Waals surface area contributed by atoms with Crippen LogP contribution in [0.5, 0.6) is 0 Å². The molecule has 1 saturated heterocycles. The van der Waals surface area contributed by atoms with Gasteiger partial charge in [0.2, 0.25) is 0 Å². The van der Waals surface area contributed by atoms with Gasteiger partial charge in [-0.3, -0.25) is 0 Å². The monoisotopic (exact) mass is 232 g/mol. The van der Waals surface area contributed by atoms with Crippen LogP contribution in [-0.2, 0) is 0 Å². The van der Waals surface area contributed by atoms with Crippen molar-refractivity contribution in [3.05, 3.63) is 0 Å². The summed E-state index contributed by atoms with van der Waals surface area (Å²) >= 11 is 11.4. The topological polar surface area (TPSA) is 0 Å². The van der Waals surface area contributed by atoms with Gasteiger partial charge in [-0.1, -0.05) is 0 Å². The molecule has 0 amide bonds. The fraction of sp³-hybridized carbons (Fsp3) is 1.00. The molecule has 0 bridgehead atoms. The summed E-state index contributed by atoms with van der Waals surface area (Å²) in [5.74, 6) is 0. The van der Waals surface area contributed by atoms with E-state index < -0.39 is 0 Å². The molecule has 8 heavy (non-hydrogen) atoms. The number of rotatable bonds is 0. The summed E-state index contributed by atoms with van der Waals surface area (Å²) in [5, 5.41) is 2.63. The first-order chi connectivity index (χ1) is 3.79. The van der Waals surface area contributed by atoms with Gasteiger partial charge in [-0.2, -0.15) is 0 Å². The molecule has 48 valence electrons. The van der Waals surface area contributed by atoms with Gasteiger partial charge < -0.3 is 0 Å². The Bertz CT molecular complexity index is 69.7. The van der Waals surface area contributed by atoms with Crippen LogP contribution in [0.15, 0.2) is 0 Å². The Labute approximate surface area is 71.5 Å². The van der Waals surface area contributed by atoms with Crippen LogP contribution < -0.4 is 0 Å². The average Bonchev–Trinajstić information content (AvgIpc) is 1.64. The summed E-state index contributed by atoms with van der Waals surface area (Å²) < 4.78 is 1.15. The minimum atomic E-state index is 0.575. The van der Waals surface area contributed by atoms with Crippen molar-refractivity contribution in [3.63, 3.8) is 0 Å². The second kappa shape index (κ2) is 3.67. The second-order valence-electron chi connectivity index (χ2n) is 1.58. The van der Waals surface area contributed by atoms with Crippen LogP contribution >= 0.6 is 37.0 Å². The van der Waals surface area contributed by atoms with Gasteiger partial charge in [0.15, 0.2) is 0 Å². The van der Waals surface area contributed by atoms with Crippen LogP contribution in [0.2, 0.25) is 10.6 Å². The molecule has 2 atom stereocenters. The molecule has 0 aromatic heterocycles. The molecule has 1 aliphatic rings. The number of hydrogen-bond acceptors (Lipinski definition) is 3. The van der Waals surface area contributed by atoms with Crippen molar-refractivity contribution < 1.29 is 0 Å². The van der Waals surface area contributed by atoms with E-state index in [9.17, 15) is 0 Å². The van der Waals surface area contributed by atoms with E-state index in [-0.39, 0.29) is 0 Å². The molecule has 0 saturated carbocycles. The fourth-order valence-electron chi connectivity index (χ4n) is 0.530. The standard InChI is InChI=1S/C4H8S3Se/c5-3-1-8-2-4(6)7-3/h3-6H,1-2H2. The molecule has 1 fully saturated rings. The van der Waals surface area contributed by atoms with Crippen molar-refractivity contribution in [2.24, 2.45) is 0 Å². The first-order valence-electron chi connectivity index (χ1n) is 2.38. The van der Waals surface area contributed by atoms with Crippen LogP contribution in [0.3, 0.4) is 0 Å². The zero-order valence-corrected chi connectivity index (χ0v) is 8.60. The molecule has 0 aliphatic carbocycles. The third kappa shape index (κ3) is 2.44. The van der Waals surface area contributed by atoms with Gasteiger partial charge in [-0.25, -0.2) is 0 Å². The molecule has 1 heterocycles. The van der Waals surface area contributed by atoms with Crippen LogP contribution in [0.4, 0.5) is 0 Å². The Morgan fingerprint density at radius 3 is 2.00 bits per heavy atom. The van der Waals surface area contributed by atoms with E-state index in [0.717, 1.165) is 15.0 Å². The maximum absolute atomic E-state index is 4.35. The third-order valence-corrected chi connectivity index (χ3v) is 7.34. The molecule has 4 heteroatoms. The van der Waals surface area contributed by atoms with Crippen molar-refractivity contribution in [1.82, 2.24) is 0 Å². The molecule has 1 aliphatic heterocycles. The second-order valence-corrected chi connectivity index (χ2v) is 7.19. The molecule has 0 spiro atoms. The Kier molecular flexibility index (Phi) is 3.52. The summed E-state index contributed by atoms with van der Waals surface area (Å²) in [5.41, 5.74) is 0. The number of thioether (sulfide) groups is 1. The Morgan fingerprint density at radius 2 is 1.75 bits per heavy atom. The zero-order valence-electron chi connectivity index (χ0n) is 4.28. The molecule has 0 nitrogen and oxygen atoms in total. The van der Waals surface area contributed by atoms with Gasteiger partial charge in [0.25, 0.3) is 0 Å². The van der Waals surface area contributed by atoms with E-state index in [4.69, 9.17) is 0 Å². The van der Waals surface area contributed by atoms with Gasteiger partial charge >= 0.3 is 71.8 Å². The molecule has 0 aromatic rings. The first kappa shape index (κ1) is 7.67. The molecular weight excluding hydrogens is 223 g/mol. The Morgan fingerprint density at radius 1 is 1.25 bits per heavy atom. The summed E-state index contributed by atoms with van der Waals surface area (Å²) in [6.07, 6.45) is 0. The minimum absolute atomic E-state index is 0.575. The van der Waals surface area contributed by atoms with Crippen LogP contribution in [0.1, 0.15) is 0 Å². The molecule has 0 radical (unpaired) electrons. The van der Waals surface area contributed by atoms with E-state index in [1.807, 2.05) is 11.8 Å². The van der Waals surface area contributed by atoms with Gasteiger partial charge in [0, 0.05) is 0 Å². The average molecular weight is 231 g/mol. The SMILES string of the molecule is SC1C[Se]CC(S)S1. The van der Waals surface area contributed by atoms with E-state index in [2.05, 4.69) is 25.3 Å². The quantitative estimate of drug-likeness (QED) is 0.473. The predicted octanol–water partition coefficient (Wildman–Crippen LogP) is 1.79. The summed E-state index contributed by atoms with van der Waals surface area (Å²) in [4.78, 5) is 0. The van der Waals surface area contributed by atoms with Gasteiger partial charge in [-0.15, -0.1) is 0 Å². The van der Waals surface area contributed by atoms with Crippen LogP contribution in [-0.4, -0.2) is 24.1 Å². The summed E-state index contributed by atoms with van der Waals surface area (Å²) in [7, 11) is 0. The normalized spacial score (nSPS) is 39.8. The van der Waals surface area contributed by atoms with E-state index >= 15 is 0 Å². The van der Waals surface area contributed by atoms with E-state index in [0.29, 0.717) is 9.16 Å². The van der Waals surface area contributed by atoms with Crippen LogP contribution in [0.25, 0.3) is 0 Å². The molecule has 0 aromatic carbocycles. The van der Waals surface area contributed by atoms with Crippen molar-refractivity contribution >= 4 is 52.0 Å². The van der Waals surface area contributed by atoms with Crippen molar-refractivity contribution in [3.8, 4) is 0 Å². The molecule has 1 rings (SSSR count). The van der Waals surface area contributed by atoms with Gasteiger partial charge in [0.05, 0.1) is 0 Å². The third-order valence-electron chi connectivity index (χ3n) is 0.835. The summed E-state index contributed by atoms with van der Waals surface area (Å²) in [6.45, 7) is 0. The molecular formula is C4H8S3Se. The molecule has 0 N–H and O–H groups in total. The van der Waals surface area contributed by atoms with Crippen molar-refractivity contribution in [2.45, 2.75) is 19.8 Å². The van der Waals surface area contributed by atoms with Gasteiger partial charge in [-0.05, 0) is 0 Å². The summed E-state index contributed by atoms with van der Waals surface area (Å²) in [6, 6.07) is 0. The van der Waals surface area contributed by atoms with Crippen molar-refractivity contribution in [1.29, 1.82) is 0 Å². The predicted molar refractivity (Wildman–Crippen MR) is 48.5 cm³/mol. The Hall–Kier alpha value is 1.57. The van der Waals surface area contributed by atoms with E-state index in [1.165, 1.54) is 10.6 Å². The van der Waals surface area contributed by atoms with Crippen LogP contribution in [0, 0.1) is 0 Å². The van der Waals surface area contributed by atoms with Gasteiger partial charge in [0.1, 0.15) is 0 Å². The first-order valence-corrected chi connectivity index (χ1v) is 6.78. The Balaban J connectivity index is 2.23. The van der Waals surface area contributed by atoms with E-state index in [1.54, 1.807) is 0 Å². The maximum atomic E-state index is 4.35. The van der Waals surface area contributed by atoms with Crippen molar-refractivity contribution in [2.75, 3.05) is 0 Å². The number of thiol groups is 2. The number of hydrogen-bond donors (Lipinski definition) is 2. The zero-order chi connectivity index (χ0) is 5.98. The fourth-order valence-corrected chi connectivity index (χ4v) is 6.44. The molecule has 2 unspecified atom stereocenters.